The molecule has 5 heteroatoms. The lowest BCUT2D eigenvalue weighted by atomic mass is 9.65. The first-order valence-electron chi connectivity index (χ1n) is 17.2. The summed E-state index contributed by atoms with van der Waals surface area (Å²) in [7, 11) is 1.81. The Morgan fingerprint density at radius 1 is 0.915 bits per heavy atom. The number of methoxy groups -OCH3 is 1. The Hall–Kier alpha value is -4.74. The van der Waals surface area contributed by atoms with Crippen LogP contribution in [-0.2, 0) is 20.8 Å². The van der Waals surface area contributed by atoms with Crippen molar-refractivity contribution in [2.75, 3.05) is 13.7 Å². The lowest BCUT2D eigenvalue weighted by Crippen LogP contribution is -2.31. The molecule has 0 radical (unpaired) electrons. The van der Waals surface area contributed by atoms with E-state index in [2.05, 4.69) is 53.7 Å². The van der Waals surface area contributed by atoms with Crippen LogP contribution < -0.4 is 0 Å². The molecule has 0 amide bonds. The summed E-state index contributed by atoms with van der Waals surface area (Å²) in [4.78, 5) is 16.6. The first kappa shape index (κ1) is 24.4. The first-order chi connectivity index (χ1) is 23.1. The highest BCUT2D eigenvalue weighted by molar-refractivity contribution is 6.35. The van der Waals surface area contributed by atoms with Gasteiger partial charge < -0.3 is 14.7 Å². The van der Waals surface area contributed by atoms with Gasteiger partial charge in [0.2, 0.25) is 6.61 Å². The third-order valence-corrected chi connectivity index (χ3v) is 13.3. The summed E-state index contributed by atoms with van der Waals surface area (Å²) in [6.07, 6.45) is 16.9. The van der Waals surface area contributed by atoms with E-state index in [1.54, 1.807) is 38.6 Å². The molecule has 4 aromatic carbocycles. The maximum absolute atomic E-state index is 11.3. The van der Waals surface area contributed by atoms with Crippen molar-refractivity contribution in [2.24, 2.45) is 11.1 Å². The molecule has 0 bridgehead atoms. The molecule has 0 heterocycles. The van der Waals surface area contributed by atoms with Gasteiger partial charge in [-0.2, -0.15) is 0 Å². The van der Waals surface area contributed by atoms with Crippen molar-refractivity contribution in [3.8, 4) is 22.3 Å². The van der Waals surface area contributed by atoms with Crippen molar-refractivity contribution in [1.29, 1.82) is 0 Å². The maximum Gasteiger partial charge on any atom is 0.344 e. The lowest BCUT2D eigenvalue weighted by Gasteiger charge is -2.38. The number of fused-ring (bicyclic) bond motifs is 2. The molecule has 0 aliphatic heterocycles. The number of nitrogens with zero attached hydrogens (tertiary/aromatic N) is 1. The van der Waals surface area contributed by atoms with Gasteiger partial charge in [0.1, 0.15) is 0 Å². The molecule has 1 saturated carbocycles. The molecule has 13 rings (SSSR count). The third-order valence-electron chi connectivity index (χ3n) is 13.3. The van der Waals surface area contributed by atoms with Gasteiger partial charge in [-0.25, -0.2) is 4.79 Å². The van der Waals surface area contributed by atoms with Crippen LogP contribution in [0.3, 0.4) is 0 Å². The zero-order valence-corrected chi connectivity index (χ0v) is 25.9. The summed E-state index contributed by atoms with van der Waals surface area (Å²) in [6.45, 7) is -0.436. The molecule has 9 aliphatic carbocycles. The Balaban J connectivity index is 1.24. The summed E-state index contributed by atoms with van der Waals surface area (Å²) in [6, 6.07) is 7.29. The lowest BCUT2D eigenvalue weighted by molar-refractivity contribution is -0.142. The van der Waals surface area contributed by atoms with Crippen LogP contribution in [0.15, 0.2) is 47.2 Å². The summed E-state index contributed by atoms with van der Waals surface area (Å²) < 4.78 is 6.35. The number of carbonyl (C=O) groups is 1. The van der Waals surface area contributed by atoms with Gasteiger partial charge in [-0.3, -0.25) is 0 Å². The van der Waals surface area contributed by atoms with E-state index < -0.39 is 12.6 Å². The van der Waals surface area contributed by atoms with Gasteiger partial charge in [-0.05, 0) is 136 Å². The minimum Gasteiger partial charge on any atom is -0.479 e. The molecule has 47 heavy (non-hydrogen) atoms. The van der Waals surface area contributed by atoms with E-state index in [1.807, 2.05) is 7.11 Å². The highest BCUT2D eigenvalue weighted by atomic mass is 16.6. The van der Waals surface area contributed by atoms with Gasteiger partial charge in [0.25, 0.3) is 0 Å². The second kappa shape index (κ2) is 7.69. The molecule has 5 atom stereocenters. The molecule has 9 aliphatic rings. The molecule has 1 fully saturated rings. The van der Waals surface area contributed by atoms with Crippen LogP contribution in [0.2, 0.25) is 0 Å². The first-order valence-corrected chi connectivity index (χ1v) is 17.2. The van der Waals surface area contributed by atoms with Crippen LogP contribution in [0, 0.1) is 5.92 Å². The van der Waals surface area contributed by atoms with Crippen molar-refractivity contribution < 1.29 is 19.5 Å². The van der Waals surface area contributed by atoms with E-state index in [1.165, 1.54) is 78.4 Å². The highest BCUT2D eigenvalue weighted by Crippen LogP contribution is 2.71. The topological polar surface area (TPSA) is 68.1 Å². The number of benzene rings is 4. The highest BCUT2D eigenvalue weighted by Gasteiger charge is 2.51. The maximum atomic E-state index is 11.3. The summed E-state index contributed by atoms with van der Waals surface area (Å²) in [5.74, 6) is 0.338. The SMILES string of the molecule is COC1C/C(=N\OCC(=O)O)CC2C1=C1Cc3cc4c5c6c3c1c1c3c7c8c9c(c36)C5C(C=C4)C=C9CCC8C=Cc3ccc2c-1c3-7. The van der Waals surface area contributed by atoms with Crippen LogP contribution in [0.25, 0.3) is 67.1 Å². The molecule has 5 unspecified atom stereocenters. The number of ether oxygens (including phenoxy) is 1. The quantitative estimate of drug-likeness (QED) is 0.163. The van der Waals surface area contributed by atoms with E-state index in [9.17, 15) is 9.90 Å². The molecule has 5 nitrogen and oxygen atoms in total. The van der Waals surface area contributed by atoms with Crippen molar-refractivity contribution in [3.05, 3.63) is 92.1 Å². The fourth-order valence-corrected chi connectivity index (χ4v) is 12.0. The number of rotatable bonds is 4. The zero-order chi connectivity index (χ0) is 30.6. The number of hydrogen-bond acceptors (Lipinski definition) is 4. The molecule has 1 N–H and O–H groups in total. The second-order valence-electron chi connectivity index (χ2n) is 15.1. The van der Waals surface area contributed by atoms with Crippen molar-refractivity contribution in [3.63, 3.8) is 0 Å². The average Bonchev–Trinajstić information content (AvgIpc) is 3.67. The predicted molar refractivity (Wildman–Crippen MR) is 184 cm³/mol. The smallest absolute Gasteiger partial charge is 0.344 e. The molecule has 4 aromatic rings. The van der Waals surface area contributed by atoms with Gasteiger partial charge in [-0.1, -0.05) is 53.7 Å². The second-order valence-corrected chi connectivity index (χ2v) is 15.1. The van der Waals surface area contributed by atoms with Crippen molar-refractivity contribution in [2.45, 2.75) is 56.0 Å². The number of carboxylic acid groups (broad SMARTS) is 1. The largest absolute Gasteiger partial charge is 0.479 e. The van der Waals surface area contributed by atoms with Gasteiger partial charge in [0, 0.05) is 37.2 Å². The molecular formula is C42H29NO4. The normalized spacial score (nSPS) is 28.1. The van der Waals surface area contributed by atoms with Crippen molar-refractivity contribution >= 4 is 56.5 Å². The Morgan fingerprint density at radius 3 is 2.70 bits per heavy atom. The van der Waals surface area contributed by atoms with Crippen LogP contribution in [-0.4, -0.2) is 36.6 Å². The Labute approximate surface area is 270 Å². The monoisotopic (exact) mass is 611 g/mol. The fraction of sp³-hybridized carbons (Fsp3) is 0.286. The van der Waals surface area contributed by atoms with Gasteiger partial charge in [-0.15, -0.1) is 0 Å². The molecular weight excluding hydrogens is 582 g/mol. The van der Waals surface area contributed by atoms with Gasteiger partial charge in [0.15, 0.2) is 0 Å². The van der Waals surface area contributed by atoms with Crippen LogP contribution in [0.5, 0.6) is 0 Å². The molecule has 0 saturated heterocycles. The Kier molecular flexibility index (Phi) is 4.00. The Bertz CT molecular complexity index is 2540. The Morgan fingerprint density at radius 2 is 1.81 bits per heavy atom. The van der Waals surface area contributed by atoms with Gasteiger partial charge >= 0.3 is 5.97 Å². The van der Waals surface area contributed by atoms with E-state index in [4.69, 9.17) is 9.57 Å². The average molecular weight is 612 g/mol. The van der Waals surface area contributed by atoms with E-state index in [0.717, 1.165) is 18.6 Å². The number of hydrogen-bond donors (Lipinski definition) is 1. The summed E-state index contributed by atoms with van der Waals surface area (Å²) >= 11 is 0. The predicted octanol–water partition coefficient (Wildman–Crippen LogP) is 8.70. The number of carboxylic acids is 1. The third kappa shape index (κ3) is 2.51. The number of aliphatic carboxylic acids is 1. The van der Waals surface area contributed by atoms with E-state index >= 15 is 0 Å². The minimum absolute atomic E-state index is 0.0800. The summed E-state index contributed by atoms with van der Waals surface area (Å²) in [5, 5.41) is 19.8. The van der Waals surface area contributed by atoms with Gasteiger partial charge in [0.05, 0.1) is 11.8 Å². The van der Waals surface area contributed by atoms with Crippen molar-refractivity contribution in [1.82, 2.24) is 0 Å². The van der Waals surface area contributed by atoms with Crippen LogP contribution >= 0.6 is 0 Å². The van der Waals surface area contributed by atoms with Crippen LogP contribution in [0.4, 0.5) is 0 Å². The van der Waals surface area contributed by atoms with Crippen LogP contribution in [0.1, 0.15) is 93.5 Å². The molecule has 0 spiro atoms. The number of oxime groups is 1. The fourth-order valence-electron chi connectivity index (χ4n) is 12.0. The summed E-state index contributed by atoms with van der Waals surface area (Å²) in [5.41, 5.74) is 24.7. The standard InChI is InChI=1S/C42H29NO4/c1-46-26-14-22(43-47-15-27(44)45)13-24-23-9-8-17-3-2-16-4-5-18-10-19-6-7-20-11-21-12-25(34(24)26)36-33(21)39-32(20)31(19)38-30(18)28(16)37-29(17)35(23)40(36)42(37)41(38)39/h2-3,6-11,16,19,24,26,31H,4-5,12-15H2,1H3,(H,44,45)/b43-22-. The van der Waals surface area contributed by atoms with E-state index in [-0.39, 0.29) is 12.0 Å². The number of allylic oxidation sites excluding steroid dienone is 5. The van der Waals surface area contributed by atoms with E-state index in [0.29, 0.717) is 30.6 Å². The molecule has 0 aromatic heterocycles. The zero-order valence-electron chi connectivity index (χ0n) is 25.9. The minimum atomic E-state index is -1.02. The molecule has 226 valence electrons.